The molecule has 0 spiro atoms. The summed E-state index contributed by atoms with van der Waals surface area (Å²) in [5, 5.41) is 3.53. The Balaban J connectivity index is 1.72. The molecule has 2 aliphatic rings. The molecule has 0 saturated carbocycles. The van der Waals surface area contributed by atoms with Crippen molar-refractivity contribution in [3.8, 4) is 0 Å². The first-order chi connectivity index (χ1) is 9.86. The minimum Gasteiger partial charge on any atom is -0.356 e. The molecule has 3 heteroatoms. The van der Waals surface area contributed by atoms with Crippen molar-refractivity contribution in [1.82, 2.24) is 10.3 Å². The number of aryl methyl sites for hydroxylation is 2. The zero-order chi connectivity index (χ0) is 13.8. The number of piperidine rings is 1. The maximum Gasteiger partial charge on any atom is 0.128 e. The summed E-state index contributed by atoms with van der Waals surface area (Å²) >= 11 is 0. The van der Waals surface area contributed by atoms with Gasteiger partial charge in [0, 0.05) is 18.8 Å². The molecule has 0 amide bonds. The predicted octanol–water partition coefficient (Wildman–Crippen LogP) is 2.79. The van der Waals surface area contributed by atoms with E-state index in [0.29, 0.717) is 0 Å². The van der Waals surface area contributed by atoms with Gasteiger partial charge in [-0.2, -0.15) is 0 Å². The van der Waals surface area contributed by atoms with E-state index in [-0.39, 0.29) is 0 Å². The Morgan fingerprint density at radius 1 is 1.30 bits per heavy atom. The second kappa shape index (κ2) is 6.57. The highest BCUT2D eigenvalue weighted by Crippen LogP contribution is 2.24. The molecule has 110 valence electrons. The average molecular weight is 273 g/mol. The highest BCUT2D eigenvalue weighted by molar-refractivity contribution is 5.43. The number of nitrogens with one attached hydrogen (secondary N) is 1. The molecule has 1 aliphatic heterocycles. The van der Waals surface area contributed by atoms with Gasteiger partial charge in [-0.3, -0.25) is 0 Å². The summed E-state index contributed by atoms with van der Waals surface area (Å²) in [4.78, 5) is 7.45. The maximum atomic E-state index is 4.94. The molecule has 1 N–H and O–H groups in total. The number of anilines is 1. The fraction of sp³-hybridized carbons (Fsp3) is 0.706. The summed E-state index contributed by atoms with van der Waals surface area (Å²) in [5.41, 5.74) is 2.83. The molecule has 1 unspecified atom stereocenters. The van der Waals surface area contributed by atoms with Crippen LogP contribution in [0.3, 0.4) is 0 Å². The zero-order valence-corrected chi connectivity index (χ0v) is 12.7. The molecule has 1 atom stereocenters. The van der Waals surface area contributed by atoms with Gasteiger partial charge in [0.05, 0.1) is 0 Å². The Bertz CT molecular complexity index is 438. The Morgan fingerprint density at radius 3 is 3.05 bits per heavy atom. The third kappa shape index (κ3) is 3.14. The topological polar surface area (TPSA) is 28.2 Å². The molecule has 2 heterocycles. The quantitative estimate of drug-likeness (QED) is 0.894. The summed E-state index contributed by atoms with van der Waals surface area (Å²) in [6.45, 7) is 6.92. The van der Waals surface area contributed by atoms with Crippen molar-refractivity contribution in [3.63, 3.8) is 0 Å². The number of pyridine rings is 1. The van der Waals surface area contributed by atoms with Gasteiger partial charge in [0.25, 0.3) is 0 Å². The van der Waals surface area contributed by atoms with E-state index in [1.807, 2.05) is 0 Å². The van der Waals surface area contributed by atoms with Crippen LogP contribution in [0.15, 0.2) is 12.1 Å². The second-order valence-corrected chi connectivity index (χ2v) is 6.29. The molecule has 1 fully saturated rings. The third-order valence-corrected chi connectivity index (χ3v) is 4.61. The first-order valence-electron chi connectivity index (χ1n) is 8.31. The molecular weight excluding hydrogens is 246 g/mol. The lowest BCUT2D eigenvalue weighted by Gasteiger charge is -2.31. The summed E-state index contributed by atoms with van der Waals surface area (Å²) in [7, 11) is 0. The predicted molar refractivity (Wildman–Crippen MR) is 84.4 cm³/mol. The summed E-state index contributed by atoms with van der Waals surface area (Å²) in [6, 6.07) is 4.56. The van der Waals surface area contributed by atoms with E-state index in [2.05, 4.69) is 29.3 Å². The standard InChI is InChI=1S/C17H27N3/c1-2-11-20(13-14-5-4-10-18-12-14)17-9-8-15-6-3-7-16(15)19-17/h8-9,14,18H,2-7,10-13H2,1H3. The van der Waals surface area contributed by atoms with Crippen molar-refractivity contribution in [2.45, 2.75) is 45.4 Å². The molecular formula is C17H27N3. The van der Waals surface area contributed by atoms with Crippen LogP contribution in [0, 0.1) is 5.92 Å². The van der Waals surface area contributed by atoms with Crippen molar-refractivity contribution >= 4 is 5.82 Å². The maximum absolute atomic E-state index is 4.94. The summed E-state index contributed by atoms with van der Waals surface area (Å²) in [6.07, 6.45) is 7.56. The first-order valence-corrected chi connectivity index (χ1v) is 8.31. The number of nitrogens with zero attached hydrogens (tertiary/aromatic N) is 2. The van der Waals surface area contributed by atoms with Crippen LogP contribution in [0.25, 0.3) is 0 Å². The zero-order valence-electron chi connectivity index (χ0n) is 12.7. The molecule has 1 aliphatic carbocycles. The monoisotopic (exact) mass is 273 g/mol. The van der Waals surface area contributed by atoms with Crippen LogP contribution in [0.1, 0.15) is 43.9 Å². The van der Waals surface area contributed by atoms with E-state index < -0.39 is 0 Å². The average Bonchev–Trinajstić information content (AvgIpc) is 2.95. The summed E-state index contributed by atoms with van der Waals surface area (Å²) < 4.78 is 0. The molecule has 3 nitrogen and oxygen atoms in total. The molecule has 20 heavy (non-hydrogen) atoms. The SMILES string of the molecule is CCCN(CC1CCCNC1)c1ccc2c(n1)CCC2. The third-order valence-electron chi connectivity index (χ3n) is 4.61. The molecule has 1 saturated heterocycles. The van der Waals surface area contributed by atoms with Gasteiger partial charge in [0.1, 0.15) is 5.82 Å². The number of aromatic nitrogens is 1. The minimum absolute atomic E-state index is 0.783. The van der Waals surface area contributed by atoms with Crippen LogP contribution < -0.4 is 10.2 Å². The van der Waals surface area contributed by atoms with Crippen molar-refractivity contribution in [1.29, 1.82) is 0 Å². The number of fused-ring (bicyclic) bond motifs is 1. The normalized spacial score (nSPS) is 21.8. The van der Waals surface area contributed by atoms with Crippen LogP contribution >= 0.6 is 0 Å². The lowest BCUT2D eigenvalue weighted by atomic mass is 9.99. The Hall–Kier alpha value is -1.09. The van der Waals surface area contributed by atoms with Crippen molar-refractivity contribution in [2.75, 3.05) is 31.1 Å². The van der Waals surface area contributed by atoms with Gasteiger partial charge in [0.2, 0.25) is 0 Å². The second-order valence-electron chi connectivity index (χ2n) is 6.29. The number of rotatable bonds is 5. The minimum atomic E-state index is 0.783. The van der Waals surface area contributed by atoms with E-state index in [1.54, 1.807) is 0 Å². The van der Waals surface area contributed by atoms with E-state index in [1.165, 1.54) is 68.7 Å². The number of hydrogen-bond acceptors (Lipinski definition) is 3. The summed E-state index contributed by atoms with van der Waals surface area (Å²) in [5.74, 6) is 1.99. The van der Waals surface area contributed by atoms with Crippen molar-refractivity contribution in [3.05, 3.63) is 23.4 Å². The van der Waals surface area contributed by atoms with E-state index in [0.717, 1.165) is 19.0 Å². The van der Waals surface area contributed by atoms with Gasteiger partial charge < -0.3 is 10.2 Å². The number of hydrogen-bond donors (Lipinski definition) is 1. The van der Waals surface area contributed by atoms with Gasteiger partial charge >= 0.3 is 0 Å². The Morgan fingerprint density at radius 2 is 2.25 bits per heavy atom. The largest absolute Gasteiger partial charge is 0.356 e. The smallest absolute Gasteiger partial charge is 0.128 e. The van der Waals surface area contributed by atoms with Gasteiger partial charge in [-0.1, -0.05) is 13.0 Å². The van der Waals surface area contributed by atoms with Gasteiger partial charge in [-0.25, -0.2) is 4.98 Å². The van der Waals surface area contributed by atoms with Gasteiger partial charge in [0.15, 0.2) is 0 Å². The lowest BCUT2D eigenvalue weighted by Crippen LogP contribution is -2.39. The molecule has 0 aromatic carbocycles. The highest BCUT2D eigenvalue weighted by atomic mass is 15.2. The van der Waals surface area contributed by atoms with E-state index >= 15 is 0 Å². The van der Waals surface area contributed by atoms with E-state index in [9.17, 15) is 0 Å². The molecule has 1 aromatic rings. The highest BCUT2D eigenvalue weighted by Gasteiger charge is 2.19. The van der Waals surface area contributed by atoms with Crippen LogP contribution in [-0.4, -0.2) is 31.2 Å². The van der Waals surface area contributed by atoms with E-state index in [4.69, 9.17) is 4.98 Å². The molecule has 0 bridgehead atoms. The van der Waals surface area contributed by atoms with Crippen LogP contribution in [-0.2, 0) is 12.8 Å². The van der Waals surface area contributed by atoms with Gasteiger partial charge in [-0.05, 0) is 69.2 Å². The van der Waals surface area contributed by atoms with Crippen molar-refractivity contribution in [2.24, 2.45) is 5.92 Å². The molecule has 0 radical (unpaired) electrons. The lowest BCUT2D eigenvalue weighted by molar-refractivity contribution is 0.376. The van der Waals surface area contributed by atoms with Gasteiger partial charge in [-0.15, -0.1) is 0 Å². The fourth-order valence-electron chi connectivity index (χ4n) is 3.55. The Labute approximate surface area is 122 Å². The molecule has 3 rings (SSSR count). The van der Waals surface area contributed by atoms with Crippen LogP contribution in [0.5, 0.6) is 0 Å². The van der Waals surface area contributed by atoms with Crippen LogP contribution in [0.2, 0.25) is 0 Å². The fourth-order valence-corrected chi connectivity index (χ4v) is 3.55. The van der Waals surface area contributed by atoms with Crippen LogP contribution in [0.4, 0.5) is 5.82 Å². The first kappa shape index (κ1) is 13.9. The molecule has 1 aromatic heterocycles. The Kier molecular flexibility index (Phi) is 4.56. The van der Waals surface area contributed by atoms with Crippen molar-refractivity contribution < 1.29 is 0 Å².